The Morgan fingerprint density at radius 3 is 2.76 bits per heavy atom. The van der Waals surface area contributed by atoms with Crippen LogP contribution in [0.25, 0.3) is 0 Å². The molecule has 124 valence electrons. The number of rotatable bonds is 6. The maximum Gasteiger partial charge on any atom is 0.317 e. The lowest BCUT2D eigenvalue weighted by Gasteiger charge is -2.44. The summed E-state index contributed by atoms with van der Waals surface area (Å²) in [5, 5.41) is 12.1. The molecule has 0 radical (unpaired) electrons. The zero-order chi connectivity index (χ0) is 16.0. The fraction of sp³-hybridized carbons (Fsp3) is 0.938. The molecular weight excluding hydrogens is 266 g/mol. The van der Waals surface area contributed by atoms with Crippen molar-refractivity contribution in [2.45, 2.75) is 58.5 Å². The zero-order valence-corrected chi connectivity index (χ0v) is 14.4. The van der Waals surface area contributed by atoms with Crippen LogP contribution in [0.15, 0.2) is 0 Å². The van der Waals surface area contributed by atoms with Gasteiger partial charge in [0.1, 0.15) is 0 Å². The van der Waals surface area contributed by atoms with Crippen LogP contribution in [0.1, 0.15) is 47.0 Å². The van der Waals surface area contributed by atoms with Gasteiger partial charge in [-0.25, -0.2) is 4.79 Å². The third-order valence-electron chi connectivity index (χ3n) is 4.87. The maximum absolute atomic E-state index is 12.1. The highest BCUT2D eigenvalue weighted by Gasteiger charge is 2.31. The SMILES string of the molecule is CCC1CCCN(C(C)(C)CNC(=O)N(C)C(C)CO)C1. The molecule has 2 amide bonds. The van der Waals surface area contributed by atoms with Crippen LogP contribution in [0, 0.1) is 5.92 Å². The molecule has 2 N–H and O–H groups in total. The summed E-state index contributed by atoms with van der Waals surface area (Å²) in [5.41, 5.74) is -0.0349. The van der Waals surface area contributed by atoms with E-state index in [-0.39, 0.29) is 24.2 Å². The van der Waals surface area contributed by atoms with E-state index in [1.807, 2.05) is 6.92 Å². The Labute approximate surface area is 129 Å². The Kier molecular flexibility index (Phi) is 6.94. The number of urea groups is 1. The van der Waals surface area contributed by atoms with E-state index in [0.717, 1.165) is 19.0 Å². The van der Waals surface area contributed by atoms with Crippen LogP contribution in [0.3, 0.4) is 0 Å². The van der Waals surface area contributed by atoms with E-state index in [9.17, 15) is 4.79 Å². The average molecular weight is 299 g/mol. The average Bonchev–Trinajstić information content (AvgIpc) is 2.51. The second-order valence-electron chi connectivity index (χ2n) is 6.98. The molecule has 1 fully saturated rings. The van der Waals surface area contributed by atoms with Crippen molar-refractivity contribution in [3.05, 3.63) is 0 Å². The number of nitrogens with one attached hydrogen (secondary N) is 1. The molecule has 1 rings (SSSR count). The summed E-state index contributed by atoms with van der Waals surface area (Å²) >= 11 is 0. The number of hydrogen-bond donors (Lipinski definition) is 2. The van der Waals surface area contributed by atoms with Crippen LogP contribution in [-0.4, -0.2) is 65.8 Å². The lowest BCUT2D eigenvalue weighted by molar-refractivity contribution is 0.0647. The number of nitrogens with zero attached hydrogens (tertiary/aromatic N) is 2. The van der Waals surface area contributed by atoms with Gasteiger partial charge in [0.2, 0.25) is 0 Å². The van der Waals surface area contributed by atoms with E-state index >= 15 is 0 Å². The van der Waals surface area contributed by atoms with Gasteiger partial charge in [-0.2, -0.15) is 0 Å². The molecule has 5 nitrogen and oxygen atoms in total. The monoisotopic (exact) mass is 299 g/mol. The molecule has 0 aliphatic carbocycles. The minimum Gasteiger partial charge on any atom is -0.394 e. The number of likely N-dealkylation sites (N-methyl/N-ethyl adjacent to an activating group) is 1. The van der Waals surface area contributed by atoms with Gasteiger partial charge in [0, 0.05) is 25.7 Å². The van der Waals surface area contributed by atoms with Crippen molar-refractivity contribution in [1.82, 2.24) is 15.1 Å². The number of amides is 2. The minimum absolute atomic E-state index is 0.0163. The number of carbonyl (C=O) groups is 1. The Morgan fingerprint density at radius 1 is 1.52 bits per heavy atom. The van der Waals surface area contributed by atoms with Gasteiger partial charge in [0.15, 0.2) is 0 Å². The highest BCUT2D eigenvalue weighted by Crippen LogP contribution is 2.25. The van der Waals surface area contributed by atoms with Crippen LogP contribution in [0.5, 0.6) is 0 Å². The van der Waals surface area contributed by atoms with Crippen LogP contribution >= 0.6 is 0 Å². The third-order valence-corrected chi connectivity index (χ3v) is 4.87. The van der Waals surface area contributed by atoms with E-state index in [4.69, 9.17) is 5.11 Å². The van der Waals surface area contributed by atoms with E-state index < -0.39 is 0 Å². The van der Waals surface area contributed by atoms with Gasteiger partial charge >= 0.3 is 6.03 Å². The third kappa shape index (κ3) is 5.15. The first-order valence-electron chi connectivity index (χ1n) is 8.18. The van der Waals surface area contributed by atoms with E-state index in [2.05, 4.69) is 31.0 Å². The molecule has 1 aliphatic rings. The van der Waals surface area contributed by atoms with E-state index in [1.54, 1.807) is 11.9 Å². The number of hydrogen-bond acceptors (Lipinski definition) is 3. The van der Waals surface area contributed by atoms with Gasteiger partial charge in [-0.1, -0.05) is 13.3 Å². The maximum atomic E-state index is 12.1. The molecule has 2 atom stereocenters. The fourth-order valence-electron chi connectivity index (χ4n) is 2.80. The van der Waals surface area contributed by atoms with Crippen molar-refractivity contribution in [2.75, 3.05) is 33.3 Å². The largest absolute Gasteiger partial charge is 0.394 e. The molecular formula is C16H33N3O2. The number of aliphatic hydroxyl groups excluding tert-OH is 1. The number of piperidine rings is 1. The number of likely N-dealkylation sites (tertiary alicyclic amines) is 1. The first-order chi connectivity index (χ1) is 9.81. The van der Waals surface area contributed by atoms with Crippen LogP contribution in [0.4, 0.5) is 4.79 Å². The standard InChI is InChI=1S/C16H33N3O2/c1-6-14-8-7-9-19(10-14)16(3,4)12-17-15(21)18(5)13(2)11-20/h13-14,20H,6-12H2,1-5H3,(H,17,21). The summed E-state index contributed by atoms with van der Waals surface area (Å²) in [6.07, 6.45) is 3.80. The zero-order valence-electron chi connectivity index (χ0n) is 14.4. The van der Waals surface area contributed by atoms with Crippen molar-refractivity contribution in [3.63, 3.8) is 0 Å². The van der Waals surface area contributed by atoms with Crippen LogP contribution in [-0.2, 0) is 0 Å². The van der Waals surface area contributed by atoms with E-state index in [0.29, 0.717) is 6.54 Å². The van der Waals surface area contributed by atoms with Gasteiger partial charge < -0.3 is 15.3 Å². The molecule has 0 saturated carbocycles. The smallest absolute Gasteiger partial charge is 0.317 e. The van der Waals surface area contributed by atoms with Crippen LogP contribution < -0.4 is 5.32 Å². The second kappa shape index (κ2) is 7.99. The topological polar surface area (TPSA) is 55.8 Å². The van der Waals surface area contributed by atoms with Crippen LogP contribution in [0.2, 0.25) is 0 Å². The predicted molar refractivity (Wildman–Crippen MR) is 86.4 cm³/mol. The fourth-order valence-corrected chi connectivity index (χ4v) is 2.80. The van der Waals surface area contributed by atoms with Gasteiger partial charge in [0.05, 0.1) is 12.6 Å². The first kappa shape index (κ1) is 18.2. The summed E-state index contributed by atoms with van der Waals surface area (Å²) in [6.45, 7) is 11.3. The summed E-state index contributed by atoms with van der Waals surface area (Å²) in [7, 11) is 1.72. The molecule has 0 aromatic carbocycles. The summed E-state index contributed by atoms with van der Waals surface area (Å²) in [4.78, 5) is 16.1. The second-order valence-corrected chi connectivity index (χ2v) is 6.98. The number of carbonyl (C=O) groups excluding carboxylic acids is 1. The Morgan fingerprint density at radius 2 is 2.19 bits per heavy atom. The molecule has 1 aliphatic heterocycles. The van der Waals surface area contributed by atoms with Crippen molar-refractivity contribution in [1.29, 1.82) is 0 Å². The summed E-state index contributed by atoms with van der Waals surface area (Å²) in [5.74, 6) is 0.783. The van der Waals surface area contributed by atoms with Crippen molar-refractivity contribution >= 4 is 6.03 Å². The van der Waals surface area contributed by atoms with E-state index in [1.165, 1.54) is 19.3 Å². The number of aliphatic hydroxyl groups is 1. The quantitative estimate of drug-likeness (QED) is 0.788. The molecule has 0 aromatic heterocycles. The predicted octanol–water partition coefficient (Wildman–Crippen LogP) is 1.91. The minimum atomic E-state index is -0.160. The molecule has 5 heteroatoms. The normalized spacial score (nSPS) is 21.9. The highest BCUT2D eigenvalue weighted by molar-refractivity contribution is 5.74. The molecule has 2 unspecified atom stereocenters. The lowest BCUT2D eigenvalue weighted by atomic mass is 9.91. The van der Waals surface area contributed by atoms with Crippen molar-refractivity contribution < 1.29 is 9.90 Å². The van der Waals surface area contributed by atoms with Crippen molar-refractivity contribution in [3.8, 4) is 0 Å². The van der Waals surface area contributed by atoms with Gasteiger partial charge in [-0.05, 0) is 46.1 Å². The lowest BCUT2D eigenvalue weighted by Crippen LogP contribution is -2.56. The molecule has 0 bridgehead atoms. The Balaban J connectivity index is 2.50. The van der Waals surface area contributed by atoms with Gasteiger partial charge in [-0.15, -0.1) is 0 Å². The molecule has 0 spiro atoms. The molecule has 1 heterocycles. The molecule has 21 heavy (non-hydrogen) atoms. The van der Waals surface area contributed by atoms with Crippen molar-refractivity contribution in [2.24, 2.45) is 5.92 Å². The summed E-state index contributed by atoms with van der Waals surface area (Å²) in [6, 6.07) is -0.277. The Bertz CT molecular complexity index is 333. The Hall–Kier alpha value is -0.810. The highest BCUT2D eigenvalue weighted by atomic mass is 16.3. The van der Waals surface area contributed by atoms with Gasteiger partial charge in [-0.3, -0.25) is 4.90 Å². The molecule has 1 saturated heterocycles. The first-order valence-corrected chi connectivity index (χ1v) is 8.18. The molecule has 0 aromatic rings. The van der Waals surface area contributed by atoms with Gasteiger partial charge in [0.25, 0.3) is 0 Å². The summed E-state index contributed by atoms with van der Waals surface area (Å²) < 4.78 is 0.